The molecule has 4 nitrogen and oxygen atoms in total. The first-order chi connectivity index (χ1) is 11.5. The van der Waals surface area contributed by atoms with E-state index < -0.39 is 0 Å². The molecule has 0 aromatic heterocycles. The largest absolute Gasteiger partial charge is 0.353 e. The molecule has 0 bridgehead atoms. The molecule has 2 N–H and O–H groups in total. The molecule has 1 aliphatic rings. The monoisotopic (exact) mass is 394 g/mol. The normalized spacial score (nSPS) is 23.5. The smallest absolute Gasteiger partial charge is 0.220 e. The predicted molar refractivity (Wildman–Crippen MR) is 99.3 cm³/mol. The van der Waals surface area contributed by atoms with Crippen molar-refractivity contribution in [2.24, 2.45) is 11.8 Å². The molecule has 0 aliphatic heterocycles. The van der Waals surface area contributed by atoms with Gasteiger partial charge >= 0.3 is 0 Å². The molecule has 1 aromatic carbocycles. The summed E-state index contributed by atoms with van der Waals surface area (Å²) in [6.45, 7) is 4.94. The fraction of sp³-hybridized carbons (Fsp3) is 0.579. The molecule has 2 rings (SSSR count). The van der Waals surface area contributed by atoms with Gasteiger partial charge in [0.15, 0.2) is 0 Å². The maximum Gasteiger partial charge on any atom is 0.220 e. The summed E-state index contributed by atoms with van der Waals surface area (Å²) >= 11 is 3.41. The maximum atomic E-state index is 12.1. The molecule has 0 radical (unpaired) electrons. The van der Waals surface area contributed by atoms with Crippen LogP contribution in [0.2, 0.25) is 0 Å². The number of carbonyl (C=O) groups excluding carboxylic acids is 2. The molecule has 1 saturated carbocycles. The summed E-state index contributed by atoms with van der Waals surface area (Å²) in [7, 11) is 0. The molecule has 24 heavy (non-hydrogen) atoms. The van der Waals surface area contributed by atoms with Gasteiger partial charge in [-0.15, -0.1) is 0 Å². The van der Waals surface area contributed by atoms with E-state index in [2.05, 4.69) is 40.4 Å². The highest BCUT2D eigenvalue weighted by Gasteiger charge is 2.28. The third kappa shape index (κ3) is 5.93. The zero-order valence-electron chi connectivity index (χ0n) is 14.5. The van der Waals surface area contributed by atoms with E-state index in [-0.39, 0.29) is 30.7 Å². The summed E-state index contributed by atoms with van der Waals surface area (Å²) in [5.74, 6) is 1.05. The zero-order chi connectivity index (χ0) is 17.5. The van der Waals surface area contributed by atoms with Gasteiger partial charge in [0.05, 0.1) is 0 Å². The van der Waals surface area contributed by atoms with Crippen LogP contribution in [0.5, 0.6) is 0 Å². The number of halogens is 1. The molecule has 132 valence electrons. The highest BCUT2D eigenvalue weighted by molar-refractivity contribution is 9.10. The summed E-state index contributed by atoms with van der Waals surface area (Å²) in [5, 5.41) is 5.97. The molecule has 5 heteroatoms. The van der Waals surface area contributed by atoms with Crippen molar-refractivity contribution in [3.63, 3.8) is 0 Å². The van der Waals surface area contributed by atoms with Crippen molar-refractivity contribution in [2.45, 2.75) is 58.5 Å². The third-order valence-corrected chi connectivity index (χ3v) is 5.50. The van der Waals surface area contributed by atoms with Crippen LogP contribution >= 0.6 is 15.9 Å². The topological polar surface area (TPSA) is 58.2 Å². The average molecular weight is 395 g/mol. The Morgan fingerprint density at radius 3 is 2.67 bits per heavy atom. The lowest BCUT2D eigenvalue weighted by Gasteiger charge is -2.34. The molecule has 1 aliphatic carbocycles. The molecule has 2 amide bonds. The SMILES string of the molecule is CC1CCCC(NC(=O)CCC(=O)NCc2cccc(Br)c2)C1C. The Kier molecular flexibility index (Phi) is 7.28. The Balaban J connectivity index is 1.68. The Hall–Kier alpha value is -1.36. The maximum absolute atomic E-state index is 12.1. The van der Waals surface area contributed by atoms with Crippen molar-refractivity contribution in [2.75, 3.05) is 0 Å². The molecule has 1 aromatic rings. The standard InChI is InChI=1S/C19H27BrN2O2/c1-13-5-3-8-17(14(13)2)22-19(24)10-9-18(23)21-12-15-6-4-7-16(20)11-15/h4,6-7,11,13-14,17H,3,5,8-10,12H2,1-2H3,(H,21,23)(H,22,24). The first kappa shape index (κ1) is 19.0. The van der Waals surface area contributed by atoms with Crippen LogP contribution in [0.4, 0.5) is 0 Å². The number of rotatable bonds is 6. The van der Waals surface area contributed by atoms with Gasteiger partial charge in [-0.3, -0.25) is 9.59 Å². The molecule has 0 spiro atoms. The summed E-state index contributed by atoms with van der Waals surface area (Å²) in [6, 6.07) is 8.07. The number of carbonyl (C=O) groups is 2. The van der Waals surface area contributed by atoms with Crippen LogP contribution < -0.4 is 10.6 Å². The number of benzene rings is 1. The van der Waals surface area contributed by atoms with Crippen LogP contribution in [-0.2, 0) is 16.1 Å². The second-order valence-corrected chi connectivity index (χ2v) is 7.76. The third-order valence-electron chi connectivity index (χ3n) is 5.01. The predicted octanol–water partition coefficient (Wildman–Crippen LogP) is 3.79. The Morgan fingerprint density at radius 1 is 1.17 bits per heavy atom. The minimum atomic E-state index is -0.0878. The Bertz CT molecular complexity index is 576. The number of hydrogen-bond acceptors (Lipinski definition) is 2. The number of hydrogen-bond donors (Lipinski definition) is 2. The number of nitrogens with one attached hydrogen (secondary N) is 2. The fourth-order valence-electron chi connectivity index (χ4n) is 3.23. The molecular weight excluding hydrogens is 368 g/mol. The lowest BCUT2D eigenvalue weighted by molar-refractivity contribution is -0.127. The van der Waals surface area contributed by atoms with E-state index in [1.165, 1.54) is 12.8 Å². The van der Waals surface area contributed by atoms with Gasteiger partial charge in [-0.05, 0) is 36.0 Å². The van der Waals surface area contributed by atoms with Gasteiger partial charge in [0, 0.05) is 29.9 Å². The van der Waals surface area contributed by atoms with Crippen LogP contribution in [0, 0.1) is 11.8 Å². The molecule has 3 unspecified atom stereocenters. The number of amides is 2. The first-order valence-corrected chi connectivity index (χ1v) is 9.55. The van der Waals surface area contributed by atoms with Crippen LogP contribution in [0.15, 0.2) is 28.7 Å². The molecule has 0 heterocycles. The van der Waals surface area contributed by atoms with Crippen LogP contribution in [0.25, 0.3) is 0 Å². The van der Waals surface area contributed by atoms with Gasteiger partial charge < -0.3 is 10.6 Å². The van der Waals surface area contributed by atoms with Crippen molar-refractivity contribution < 1.29 is 9.59 Å². The van der Waals surface area contributed by atoms with Crippen molar-refractivity contribution >= 4 is 27.7 Å². The highest BCUT2D eigenvalue weighted by atomic mass is 79.9. The minimum Gasteiger partial charge on any atom is -0.353 e. The molecule has 0 saturated heterocycles. The quantitative estimate of drug-likeness (QED) is 0.770. The highest BCUT2D eigenvalue weighted by Crippen LogP contribution is 2.29. The first-order valence-electron chi connectivity index (χ1n) is 8.76. The van der Waals surface area contributed by atoms with Gasteiger partial charge in [-0.1, -0.05) is 54.8 Å². The van der Waals surface area contributed by atoms with E-state index >= 15 is 0 Å². The van der Waals surface area contributed by atoms with Crippen LogP contribution in [0.1, 0.15) is 51.5 Å². The summed E-state index contributed by atoms with van der Waals surface area (Å²) < 4.78 is 0.990. The van der Waals surface area contributed by atoms with Crippen molar-refractivity contribution in [1.82, 2.24) is 10.6 Å². The van der Waals surface area contributed by atoms with E-state index in [0.717, 1.165) is 16.5 Å². The summed E-state index contributed by atoms with van der Waals surface area (Å²) in [6.07, 6.45) is 3.94. The zero-order valence-corrected chi connectivity index (χ0v) is 16.1. The van der Waals surface area contributed by atoms with E-state index in [9.17, 15) is 9.59 Å². The van der Waals surface area contributed by atoms with Crippen molar-refractivity contribution in [3.8, 4) is 0 Å². The van der Waals surface area contributed by atoms with Crippen molar-refractivity contribution in [3.05, 3.63) is 34.3 Å². The van der Waals surface area contributed by atoms with Crippen LogP contribution in [-0.4, -0.2) is 17.9 Å². The van der Waals surface area contributed by atoms with E-state index in [4.69, 9.17) is 0 Å². The van der Waals surface area contributed by atoms with Gasteiger partial charge in [0.1, 0.15) is 0 Å². The second-order valence-electron chi connectivity index (χ2n) is 6.85. The van der Waals surface area contributed by atoms with E-state index in [1.807, 2.05) is 24.3 Å². The molecular formula is C19H27BrN2O2. The van der Waals surface area contributed by atoms with Crippen LogP contribution in [0.3, 0.4) is 0 Å². The Morgan fingerprint density at radius 2 is 1.92 bits per heavy atom. The van der Waals surface area contributed by atoms with Gasteiger partial charge in [0.25, 0.3) is 0 Å². The summed E-state index contributed by atoms with van der Waals surface area (Å²) in [4.78, 5) is 24.0. The molecule has 3 atom stereocenters. The van der Waals surface area contributed by atoms with Gasteiger partial charge in [-0.2, -0.15) is 0 Å². The second kappa shape index (κ2) is 9.21. The lowest BCUT2D eigenvalue weighted by Crippen LogP contribution is -2.43. The van der Waals surface area contributed by atoms with E-state index in [1.54, 1.807) is 0 Å². The lowest BCUT2D eigenvalue weighted by atomic mass is 9.78. The minimum absolute atomic E-state index is 0.0152. The van der Waals surface area contributed by atoms with Gasteiger partial charge in [-0.25, -0.2) is 0 Å². The Labute approximate surface area is 152 Å². The molecule has 1 fully saturated rings. The van der Waals surface area contributed by atoms with E-state index in [0.29, 0.717) is 18.4 Å². The summed E-state index contributed by atoms with van der Waals surface area (Å²) in [5.41, 5.74) is 1.03. The fourth-order valence-corrected chi connectivity index (χ4v) is 3.67. The van der Waals surface area contributed by atoms with Gasteiger partial charge in [0.2, 0.25) is 11.8 Å². The average Bonchev–Trinajstić information content (AvgIpc) is 2.55. The van der Waals surface area contributed by atoms with Crippen molar-refractivity contribution in [1.29, 1.82) is 0 Å².